The van der Waals surface area contributed by atoms with E-state index in [0.717, 1.165) is 0 Å². The Morgan fingerprint density at radius 2 is 2.05 bits per heavy atom. The van der Waals surface area contributed by atoms with E-state index in [1.807, 2.05) is 0 Å². The third-order valence-electron chi connectivity index (χ3n) is 2.77. The van der Waals surface area contributed by atoms with Crippen LogP contribution in [0.1, 0.15) is 17.2 Å². The average Bonchev–Trinajstić information content (AvgIpc) is 2.41. The number of hydrogen-bond acceptors (Lipinski definition) is 2. The number of aliphatic hydroxyl groups is 1. The molecule has 0 aliphatic rings. The minimum Gasteiger partial charge on any atom is -0.495 e. The van der Waals surface area contributed by atoms with Gasteiger partial charge in [0.15, 0.2) is 0 Å². The fraction of sp³-hybridized carbons (Fsp3) is 0.143. The standard InChI is InChI=1S/C14H11BrClFO2/c1-19-12-7-8(5-6-10(12)16)14(18)9-3-2-4-11(17)13(9)15/h2-7,14,18H,1H3. The zero-order valence-corrected chi connectivity index (χ0v) is 12.4. The van der Waals surface area contributed by atoms with Gasteiger partial charge in [0, 0.05) is 5.56 Å². The molecule has 1 N–H and O–H groups in total. The van der Waals surface area contributed by atoms with Gasteiger partial charge < -0.3 is 9.84 Å². The fourth-order valence-corrected chi connectivity index (χ4v) is 2.43. The molecule has 0 saturated carbocycles. The summed E-state index contributed by atoms with van der Waals surface area (Å²) in [4.78, 5) is 0. The molecule has 0 radical (unpaired) electrons. The van der Waals surface area contributed by atoms with Crippen molar-refractivity contribution in [2.24, 2.45) is 0 Å². The van der Waals surface area contributed by atoms with Crippen molar-refractivity contribution in [2.75, 3.05) is 7.11 Å². The second-order valence-electron chi connectivity index (χ2n) is 3.94. The molecule has 1 unspecified atom stereocenters. The fourth-order valence-electron chi connectivity index (χ4n) is 1.76. The monoisotopic (exact) mass is 344 g/mol. The van der Waals surface area contributed by atoms with Crippen LogP contribution < -0.4 is 4.74 Å². The number of hydrogen-bond donors (Lipinski definition) is 1. The molecule has 2 aromatic carbocycles. The number of halogens is 3. The number of rotatable bonds is 3. The molecule has 2 nitrogen and oxygen atoms in total. The molecule has 0 spiro atoms. The first-order valence-corrected chi connectivity index (χ1v) is 6.67. The second-order valence-corrected chi connectivity index (χ2v) is 5.14. The number of ether oxygens (including phenoxy) is 1. The maximum Gasteiger partial charge on any atom is 0.137 e. The average molecular weight is 346 g/mol. The van der Waals surface area contributed by atoms with Gasteiger partial charge in [0.2, 0.25) is 0 Å². The second kappa shape index (κ2) is 5.90. The Hall–Kier alpha value is -1.10. The molecule has 0 amide bonds. The first kappa shape index (κ1) is 14.3. The molecule has 0 aromatic heterocycles. The van der Waals surface area contributed by atoms with E-state index in [1.54, 1.807) is 30.3 Å². The van der Waals surface area contributed by atoms with Crippen molar-refractivity contribution < 1.29 is 14.2 Å². The van der Waals surface area contributed by atoms with Gasteiger partial charge in [-0.3, -0.25) is 0 Å². The predicted molar refractivity (Wildman–Crippen MR) is 76.2 cm³/mol. The summed E-state index contributed by atoms with van der Waals surface area (Å²) in [5, 5.41) is 10.8. The van der Waals surface area contributed by atoms with E-state index in [2.05, 4.69) is 15.9 Å². The van der Waals surface area contributed by atoms with Gasteiger partial charge >= 0.3 is 0 Å². The van der Waals surface area contributed by atoms with Crippen molar-refractivity contribution in [3.63, 3.8) is 0 Å². The number of methoxy groups -OCH3 is 1. The first-order chi connectivity index (χ1) is 9.04. The highest BCUT2D eigenvalue weighted by molar-refractivity contribution is 9.10. The molecule has 0 fully saturated rings. The van der Waals surface area contributed by atoms with E-state index >= 15 is 0 Å². The van der Waals surface area contributed by atoms with Gasteiger partial charge in [0.05, 0.1) is 16.6 Å². The summed E-state index contributed by atoms with van der Waals surface area (Å²) in [5.74, 6) is 0.0446. The topological polar surface area (TPSA) is 29.5 Å². The highest BCUT2D eigenvalue weighted by Crippen LogP contribution is 2.33. The minimum absolute atomic E-state index is 0.247. The lowest BCUT2D eigenvalue weighted by Crippen LogP contribution is -2.02. The van der Waals surface area contributed by atoms with Gasteiger partial charge in [-0.25, -0.2) is 4.39 Å². The van der Waals surface area contributed by atoms with Gasteiger partial charge in [-0.2, -0.15) is 0 Å². The van der Waals surface area contributed by atoms with Gasteiger partial charge in [-0.15, -0.1) is 0 Å². The summed E-state index contributed by atoms with van der Waals surface area (Å²) >= 11 is 9.06. The van der Waals surface area contributed by atoms with Crippen molar-refractivity contribution in [3.05, 3.63) is 62.8 Å². The summed E-state index contributed by atoms with van der Waals surface area (Å²) in [7, 11) is 1.50. The van der Waals surface area contributed by atoms with Crippen LogP contribution in [0.5, 0.6) is 5.75 Å². The maximum atomic E-state index is 13.5. The van der Waals surface area contributed by atoms with Crippen LogP contribution in [-0.2, 0) is 0 Å². The van der Waals surface area contributed by atoms with Crippen molar-refractivity contribution >= 4 is 27.5 Å². The van der Waals surface area contributed by atoms with E-state index in [-0.39, 0.29) is 4.47 Å². The molecule has 19 heavy (non-hydrogen) atoms. The van der Waals surface area contributed by atoms with Crippen molar-refractivity contribution in [2.45, 2.75) is 6.10 Å². The van der Waals surface area contributed by atoms with Crippen molar-refractivity contribution in [1.29, 1.82) is 0 Å². The maximum absolute atomic E-state index is 13.5. The zero-order chi connectivity index (χ0) is 14.0. The molecular weight excluding hydrogens is 335 g/mol. The third kappa shape index (κ3) is 2.91. The number of benzene rings is 2. The van der Waals surface area contributed by atoms with Crippen LogP contribution in [0.15, 0.2) is 40.9 Å². The van der Waals surface area contributed by atoms with E-state index in [9.17, 15) is 9.50 Å². The summed E-state index contributed by atoms with van der Waals surface area (Å²) in [6.45, 7) is 0. The molecule has 2 aromatic rings. The molecule has 5 heteroatoms. The van der Waals surface area contributed by atoms with Gasteiger partial charge in [-0.05, 0) is 39.7 Å². The number of aliphatic hydroxyl groups excluding tert-OH is 1. The highest BCUT2D eigenvalue weighted by atomic mass is 79.9. The molecular formula is C14H11BrClFO2. The summed E-state index contributed by atoms with van der Waals surface area (Å²) in [5.41, 5.74) is 1.02. The minimum atomic E-state index is -0.962. The van der Waals surface area contributed by atoms with Crippen LogP contribution in [0, 0.1) is 5.82 Å². The van der Waals surface area contributed by atoms with Crippen LogP contribution in [0.25, 0.3) is 0 Å². The molecule has 100 valence electrons. The largest absolute Gasteiger partial charge is 0.495 e. The van der Waals surface area contributed by atoms with Crippen LogP contribution >= 0.6 is 27.5 Å². The van der Waals surface area contributed by atoms with Crippen LogP contribution in [0.4, 0.5) is 4.39 Å². The lowest BCUT2D eigenvalue weighted by Gasteiger charge is -2.15. The van der Waals surface area contributed by atoms with Gasteiger partial charge in [-0.1, -0.05) is 29.8 Å². The summed E-state index contributed by atoms with van der Waals surface area (Å²) in [6.07, 6.45) is -0.962. The molecule has 0 aliphatic heterocycles. The molecule has 0 bridgehead atoms. The highest BCUT2D eigenvalue weighted by Gasteiger charge is 2.17. The summed E-state index contributed by atoms with van der Waals surface area (Å²) < 4.78 is 18.8. The van der Waals surface area contributed by atoms with Crippen LogP contribution in [0.2, 0.25) is 5.02 Å². The smallest absolute Gasteiger partial charge is 0.137 e. The van der Waals surface area contributed by atoms with E-state index < -0.39 is 11.9 Å². The Kier molecular flexibility index (Phi) is 4.45. The Bertz CT molecular complexity index is 604. The van der Waals surface area contributed by atoms with Crippen LogP contribution in [0.3, 0.4) is 0 Å². The third-order valence-corrected chi connectivity index (χ3v) is 3.92. The molecule has 1 atom stereocenters. The van der Waals surface area contributed by atoms with E-state index in [4.69, 9.17) is 16.3 Å². The Morgan fingerprint density at radius 3 is 2.74 bits per heavy atom. The molecule has 0 aliphatic carbocycles. The van der Waals surface area contributed by atoms with Crippen molar-refractivity contribution in [1.82, 2.24) is 0 Å². The lowest BCUT2D eigenvalue weighted by molar-refractivity contribution is 0.218. The molecule has 2 rings (SSSR count). The van der Waals surface area contributed by atoms with Crippen molar-refractivity contribution in [3.8, 4) is 5.75 Å². The normalized spacial score (nSPS) is 12.3. The Labute approximate surface area is 123 Å². The first-order valence-electron chi connectivity index (χ1n) is 5.50. The van der Waals surface area contributed by atoms with Crippen LogP contribution in [-0.4, -0.2) is 12.2 Å². The van der Waals surface area contributed by atoms with E-state index in [1.165, 1.54) is 13.2 Å². The summed E-state index contributed by atoms with van der Waals surface area (Å²) in [6, 6.07) is 9.46. The SMILES string of the molecule is COc1cc(C(O)c2cccc(F)c2Br)ccc1Cl. The van der Waals surface area contributed by atoms with Gasteiger partial charge in [0.1, 0.15) is 17.7 Å². The quantitative estimate of drug-likeness (QED) is 0.897. The molecule has 0 saturated heterocycles. The Morgan fingerprint density at radius 1 is 1.32 bits per heavy atom. The predicted octanol–water partition coefficient (Wildman–Crippen LogP) is 4.33. The zero-order valence-electron chi connectivity index (χ0n) is 10.0. The lowest BCUT2D eigenvalue weighted by atomic mass is 10.0. The molecule has 0 heterocycles. The Balaban J connectivity index is 2.44. The van der Waals surface area contributed by atoms with E-state index in [0.29, 0.717) is 21.9 Å². The van der Waals surface area contributed by atoms with Gasteiger partial charge in [0.25, 0.3) is 0 Å².